The number of fused-ring (bicyclic) bond motifs is 3. The van der Waals surface area contributed by atoms with Crippen molar-refractivity contribution in [2.24, 2.45) is 17.8 Å². The number of hydrazine groups is 1. The van der Waals surface area contributed by atoms with Crippen molar-refractivity contribution in [3.8, 4) is 5.75 Å². The van der Waals surface area contributed by atoms with Crippen LogP contribution in [0.1, 0.15) is 31.2 Å². The first-order valence-corrected chi connectivity index (χ1v) is 15.7. The number of hydrogen-bond acceptors (Lipinski definition) is 10. The zero-order chi connectivity index (χ0) is 26.9. The molecule has 208 valence electrons. The molecule has 6 atom stereocenters. The molecule has 0 bridgehead atoms. The number of benzene rings is 1. The normalized spacial score (nSPS) is 34.4. The molecule has 13 heteroatoms. The van der Waals surface area contributed by atoms with Gasteiger partial charge in [-0.1, -0.05) is 11.6 Å². The van der Waals surface area contributed by atoms with E-state index in [1.807, 2.05) is 23.1 Å². The number of ether oxygens (including phenoxy) is 1. The topological polar surface area (TPSA) is 138 Å². The Morgan fingerprint density at radius 3 is 2.79 bits per heavy atom. The fraction of sp³-hybridized carbons (Fsp3) is 0.577. The molecular weight excluding hydrogens is 542 g/mol. The first-order chi connectivity index (χ1) is 18.8. The lowest BCUT2D eigenvalue weighted by atomic mass is 9.74. The minimum absolute atomic E-state index is 0.0640. The third-order valence-electron chi connectivity index (χ3n) is 9.45. The molecule has 2 saturated heterocycles. The largest absolute Gasteiger partial charge is 0.497 e. The van der Waals surface area contributed by atoms with Crippen LogP contribution in [-0.4, -0.2) is 68.2 Å². The first kappa shape index (κ1) is 25.3. The summed E-state index contributed by atoms with van der Waals surface area (Å²) in [4.78, 5) is 23.7. The van der Waals surface area contributed by atoms with Crippen molar-refractivity contribution in [3.63, 3.8) is 0 Å². The highest BCUT2D eigenvalue weighted by Gasteiger charge is 2.67. The highest BCUT2D eigenvalue weighted by atomic mass is 35.5. The van der Waals surface area contributed by atoms with Gasteiger partial charge in [-0.2, -0.15) is 0 Å². The second-order valence-electron chi connectivity index (χ2n) is 11.4. The van der Waals surface area contributed by atoms with Crippen LogP contribution < -0.4 is 31.1 Å². The Morgan fingerprint density at radius 1 is 1.18 bits per heavy atom. The number of carbonyl (C=O) groups is 1. The van der Waals surface area contributed by atoms with Gasteiger partial charge in [0.2, 0.25) is 5.91 Å². The molecular formula is C26H32ClN7O4S. The van der Waals surface area contributed by atoms with Gasteiger partial charge in [0.15, 0.2) is 21.5 Å². The van der Waals surface area contributed by atoms with Gasteiger partial charge in [-0.15, -0.1) is 0 Å². The van der Waals surface area contributed by atoms with E-state index in [1.165, 1.54) is 6.33 Å². The molecule has 4 unspecified atom stereocenters. The monoisotopic (exact) mass is 573 g/mol. The van der Waals surface area contributed by atoms with Crippen LogP contribution in [0.15, 0.2) is 24.5 Å². The van der Waals surface area contributed by atoms with Crippen molar-refractivity contribution in [1.82, 2.24) is 20.8 Å². The molecule has 39 heavy (non-hydrogen) atoms. The van der Waals surface area contributed by atoms with Gasteiger partial charge in [0.1, 0.15) is 17.1 Å². The average molecular weight is 574 g/mol. The number of nitrogens with zero attached hydrogens (tertiary/aromatic N) is 3. The maximum absolute atomic E-state index is 13.1. The number of aromatic nitrogens is 2. The molecule has 2 aliphatic carbocycles. The Kier molecular flexibility index (Phi) is 5.96. The molecule has 2 saturated carbocycles. The SMILES string of the molecule is COc1ccc2c(c1)[C@]1(C[C@H]1C1CCC3C(C1)NNC3Nc1ncnc(N3CCS(=O)(=O)CC3)c1Cl)C(=O)N2. The fourth-order valence-corrected chi connectivity index (χ4v) is 8.74. The van der Waals surface area contributed by atoms with E-state index in [2.05, 4.69) is 31.5 Å². The Bertz CT molecular complexity index is 1430. The molecule has 1 aromatic heterocycles. The van der Waals surface area contributed by atoms with Crippen LogP contribution in [0.2, 0.25) is 5.02 Å². The zero-order valence-electron chi connectivity index (χ0n) is 21.6. The molecule has 1 spiro atoms. The minimum atomic E-state index is -3.00. The summed E-state index contributed by atoms with van der Waals surface area (Å²) in [6.07, 6.45) is 5.33. The molecule has 4 N–H and O–H groups in total. The van der Waals surface area contributed by atoms with Gasteiger partial charge in [-0.25, -0.2) is 23.8 Å². The summed E-state index contributed by atoms with van der Waals surface area (Å²) < 4.78 is 29.1. The van der Waals surface area contributed by atoms with Crippen LogP contribution in [0.25, 0.3) is 0 Å². The van der Waals surface area contributed by atoms with E-state index in [1.54, 1.807) is 7.11 Å². The van der Waals surface area contributed by atoms with Crippen LogP contribution in [0, 0.1) is 17.8 Å². The van der Waals surface area contributed by atoms with Gasteiger partial charge >= 0.3 is 0 Å². The Hall–Kier alpha value is -2.67. The van der Waals surface area contributed by atoms with Crippen LogP contribution in [-0.2, 0) is 20.0 Å². The molecule has 4 heterocycles. The van der Waals surface area contributed by atoms with E-state index >= 15 is 0 Å². The molecule has 5 aliphatic rings. The third-order valence-corrected chi connectivity index (χ3v) is 11.4. The predicted molar refractivity (Wildman–Crippen MR) is 148 cm³/mol. The fourth-order valence-electron chi connectivity index (χ4n) is 7.27. The van der Waals surface area contributed by atoms with Gasteiger partial charge in [-0.05, 0) is 61.3 Å². The van der Waals surface area contributed by atoms with Crippen molar-refractivity contribution in [2.45, 2.75) is 43.3 Å². The minimum Gasteiger partial charge on any atom is -0.497 e. The molecule has 2 aromatic rings. The van der Waals surface area contributed by atoms with Gasteiger partial charge in [0.05, 0.1) is 30.2 Å². The summed E-state index contributed by atoms with van der Waals surface area (Å²) in [5.74, 6) is 3.29. The van der Waals surface area contributed by atoms with Crippen molar-refractivity contribution >= 4 is 44.7 Å². The van der Waals surface area contributed by atoms with Crippen LogP contribution >= 0.6 is 11.6 Å². The molecule has 4 fully saturated rings. The van der Waals surface area contributed by atoms with Crippen LogP contribution in [0.4, 0.5) is 17.3 Å². The van der Waals surface area contributed by atoms with E-state index in [9.17, 15) is 13.2 Å². The lowest BCUT2D eigenvalue weighted by Gasteiger charge is -2.34. The Morgan fingerprint density at radius 2 is 2.00 bits per heavy atom. The molecule has 0 radical (unpaired) electrons. The number of anilines is 3. The second kappa shape index (κ2) is 9.18. The number of amides is 1. The maximum atomic E-state index is 13.1. The summed E-state index contributed by atoms with van der Waals surface area (Å²) in [5.41, 5.74) is 8.44. The molecule has 11 nitrogen and oxygen atoms in total. The Balaban J connectivity index is 1.02. The number of nitrogens with one attached hydrogen (secondary N) is 4. The summed E-state index contributed by atoms with van der Waals surface area (Å²) in [7, 11) is -1.35. The standard InChI is InChI=1S/C26H32ClN7O4S/c1-38-15-3-5-19-17(11-15)26(25(35)30-19)12-18(26)14-2-4-16-20(10-14)32-33-22(16)31-23-21(27)24(29-13-28-23)34-6-8-39(36,37)9-7-34/h3,5,11,13-14,16,18,20,22,32-33H,2,4,6-10,12H2,1H3,(H,30,35)(H,28,29,31)/t14?,16?,18-,20?,22?,26-/m0/s1. The van der Waals surface area contributed by atoms with Crippen molar-refractivity contribution in [3.05, 3.63) is 35.1 Å². The average Bonchev–Trinajstić information content (AvgIpc) is 3.48. The number of halogens is 1. The van der Waals surface area contributed by atoms with E-state index in [0.717, 1.165) is 42.7 Å². The lowest BCUT2D eigenvalue weighted by molar-refractivity contribution is -0.118. The first-order valence-electron chi connectivity index (χ1n) is 13.5. The smallest absolute Gasteiger partial charge is 0.235 e. The molecule has 7 rings (SSSR count). The van der Waals surface area contributed by atoms with Crippen molar-refractivity contribution in [2.75, 3.05) is 47.2 Å². The summed E-state index contributed by atoms with van der Waals surface area (Å²) in [6.45, 7) is 0.734. The second-order valence-corrected chi connectivity index (χ2v) is 14.1. The van der Waals surface area contributed by atoms with Crippen molar-refractivity contribution in [1.29, 1.82) is 0 Å². The highest BCUT2D eigenvalue weighted by Crippen LogP contribution is 2.65. The van der Waals surface area contributed by atoms with E-state index < -0.39 is 15.3 Å². The lowest BCUT2D eigenvalue weighted by Crippen LogP contribution is -2.41. The molecule has 1 aromatic carbocycles. The maximum Gasteiger partial charge on any atom is 0.235 e. The molecule has 1 amide bonds. The van der Waals surface area contributed by atoms with E-state index in [4.69, 9.17) is 16.3 Å². The summed E-state index contributed by atoms with van der Waals surface area (Å²) in [6, 6.07) is 6.13. The van der Waals surface area contributed by atoms with Crippen LogP contribution in [0.3, 0.4) is 0 Å². The quantitative estimate of drug-likeness (QED) is 0.420. The number of sulfone groups is 1. The summed E-state index contributed by atoms with van der Waals surface area (Å²) >= 11 is 6.71. The van der Waals surface area contributed by atoms with Gasteiger partial charge in [0.25, 0.3) is 0 Å². The van der Waals surface area contributed by atoms with Crippen molar-refractivity contribution < 1.29 is 17.9 Å². The molecule has 3 aliphatic heterocycles. The Labute approximate surface area is 232 Å². The third kappa shape index (κ3) is 4.14. The zero-order valence-corrected chi connectivity index (χ0v) is 23.2. The van der Waals surface area contributed by atoms with E-state index in [-0.39, 0.29) is 29.6 Å². The van der Waals surface area contributed by atoms with E-state index in [0.29, 0.717) is 47.5 Å². The highest BCUT2D eigenvalue weighted by molar-refractivity contribution is 7.91. The van der Waals surface area contributed by atoms with Crippen LogP contribution in [0.5, 0.6) is 5.75 Å². The van der Waals surface area contributed by atoms with Gasteiger partial charge in [0, 0.05) is 30.7 Å². The summed E-state index contributed by atoms with van der Waals surface area (Å²) in [5, 5.41) is 6.96. The number of methoxy groups -OCH3 is 1. The predicted octanol–water partition coefficient (Wildman–Crippen LogP) is 1.91. The number of hydrogen-bond donors (Lipinski definition) is 4. The number of rotatable bonds is 5. The number of carbonyl (C=O) groups excluding carboxylic acids is 1. The van der Waals surface area contributed by atoms with Gasteiger partial charge in [-0.3, -0.25) is 10.2 Å². The van der Waals surface area contributed by atoms with Gasteiger partial charge < -0.3 is 20.3 Å².